The number of nitrogens with zero attached hydrogens (tertiary/aromatic N) is 3. The first-order valence-corrected chi connectivity index (χ1v) is 26.1. The Balaban J connectivity index is 1.15. The molecule has 4 heteroatoms. The Bertz CT molecular complexity index is 3440. The van der Waals surface area contributed by atoms with Gasteiger partial charge in [-0.05, 0) is 164 Å². The van der Waals surface area contributed by atoms with Crippen molar-refractivity contribution in [1.29, 1.82) is 0 Å². The summed E-state index contributed by atoms with van der Waals surface area (Å²) in [6, 6.07) is 66.1. The van der Waals surface area contributed by atoms with Gasteiger partial charge >= 0.3 is 0 Å². The maximum atomic E-state index is 2.72. The zero-order valence-corrected chi connectivity index (χ0v) is 44.0. The quantitative estimate of drug-likeness (QED) is 0.163. The molecule has 8 aromatic carbocycles. The molecule has 2 unspecified atom stereocenters. The number of anilines is 8. The van der Waals surface area contributed by atoms with Gasteiger partial charge in [0.25, 0.3) is 6.71 Å². The van der Waals surface area contributed by atoms with Crippen LogP contribution in [-0.4, -0.2) is 6.71 Å². The Morgan fingerprint density at radius 3 is 1.69 bits per heavy atom. The van der Waals surface area contributed by atoms with Crippen LogP contribution in [0.3, 0.4) is 0 Å². The highest BCUT2D eigenvalue weighted by Gasteiger charge is 2.60. The third-order valence-corrected chi connectivity index (χ3v) is 17.2. The fourth-order valence-corrected chi connectivity index (χ4v) is 13.1. The molecular formula is C67H68BN3. The van der Waals surface area contributed by atoms with Gasteiger partial charge in [-0.15, -0.1) is 0 Å². The van der Waals surface area contributed by atoms with Crippen molar-refractivity contribution in [1.82, 2.24) is 0 Å². The van der Waals surface area contributed by atoms with Crippen LogP contribution in [0.15, 0.2) is 170 Å². The monoisotopic (exact) mass is 926 g/mol. The van der Waals surface area contributed by atoms with Gasteiger partial charge in [0.2, 0.25) is 0 Å². The standard InChI is InChI=1S/C67H68BN3/c1-43-38-60-62-61(39-43)70(56-35-29-47(64(5,6)7)40-51(56)44-20-14-13-15-21-44)58-41-48(65(8,9)10)28-33-54(58)68(62)55-34-32-50(42-59(55)69(60)49-30-26-46(27-31-49)63(2,3)4)71-57-25-19-18-24-53(57)66(11)37-36-45-22-16-17-23-52(45)67(66,71)12/h13-35,38-42H,36-37H2,1-12H3. The molecule has 0 N–H and O–H groups in total. The largest absolute Gasteiger partial charge is 0.330 e. The van der Waals surface area contributed by atoms with Gasteiger partial charge in [0.05, 0.1) is 11.2 Å². The molecule has 71 heavy (non-hydrogen) atoms. The predicted octanol–water partition coefficient (Wildman–Crippen LogP) is 15.9. The highest BCUT2D eigenvalue weighted by atomic mass is 15.3. The van der Waals surface area contributed by atoms with E-state index in [1.807, 2.05) is 0 Å². The van der Waals surface area contributed by atoms with E-state index in [0.717, 1.165) is 12.8 Å². The molecule has 0 saturated heterocycles. The van der Waals surface area contributed by atoms with Gasteiger partial charge in [0.1, 0.15) is 0 Å². The number of hydrogen-bond donors (Lipinski definition) is 0. The Morgan fingerprint density at radius 1 is 0.451 bits per heavy atom. The molecule has 3 heterocycles. The van der Waals surface area contributed by atoms with Crippen LogP contribution >= 0.6 is 0 Å². The Labute approximate surface area is 424 Å². The summed E-state index contributed by atoms with van der Waals surface area (Å²) in [5, 5.41) is 0. The fraction of sp³-hybridized carbons (Fsp3) is 0.284. The smallest absolute Gasteiger partial charge is 0.252 e. The average molecular weight is 926 g/mol. The minimum Gasteiger partial charge on any atom is -0.330 e. The first kappa shape index (κ1) is 45.4. The topological polar surface area (TPSA) is 9.72 Å². The lowest BCUT2D eigenvalue weighted by atomic mass is 9.33. The highest BCUT2D eigenvalue weighted by Crippen LogP contribution is 2.64. The van der Waals surface area contributed by atoms with Crippen LogP contribution < -0.4 is 31.1 Å². The lowest BCUT2D eigenvalue weighted by Crippen LogP contribution is -2.61. The predicted molar refractivity (Wildman–Crippen MR) is 305 cm³/mol. The second-order valence-corrected chi connectivity index (χ2v) is 24.6. The number of benzene rings is 8. The molecule has 0 spiro atoms. The molecule has 0 saturated carbocycles. The van der Waals surface area contributed by atoms with Crippen molar-refractivity contribution in [3.8, 4) is 11.1 Å². The molecule has 3 nitrogen and oxygen atoms in total. The second kappa shape index (κ2) is 15.6. The Hall–Kier alpha value is -6.78. The minimum absolute atomic E-state index is 0.00818. The van der Waals surface area contributed by atoms with Crippen LogP contribution in [0.1, 0.15) is 122 Å². The molecule has 8 aromatic rings. The molecule has 12 rings (SSSR count). The van der Waals surface area contributed by atoms with Gasteiger partial charge in [-0.1, -0.05) is 178 Å². The van der Waals surface area contributed by atoms with Crippen LogP contribution in [0.5, 0.6) is 0 Å². The molecule has 0 radical (unpaired) electrons. The summed E-state index contributed by atoms with van der Waals surface area (Å²) in [4.78, 5) is 7.96. The molecule has 3 aliphatic heterocycles. The number of aryl methyl sites for hydroxylation is 2. The lowest BCUT2D eigenvalue weighted by molar-refractivity contribution is 0.245. The van der Waals surface area contributed by atoms with Crippen LogP contribution in [0.2, 0.25) is 0 Å². The molecule has 0 bridgehead atoms. The van der Waals surface area contributed by atoms with E-state index in [9.17, 15) is 0 Å². The Kier molecular flexibility index (Phi) is 9.98. The van der Waals surface area contributed by atoms with E-state index in [1.165, 1.54) is 112 Å². The van der Waals surface area contributed by atoms with E-state index < -0.39 is 0 Å². The molecular weight excluding hydrogens is 858 g/mol. The molecule has 0 amide bonds. The molecule has 1 aliphatic carbocycles. The molecule has 4 aliphatic rings. The summed E-state index contributed by atoms with van der Waals surface area (Å²) in [5.41, 5.74) is 25.4. The van der Waals surface area contributed by atoms with Gasteiger partial charge in [-0.2, -0.15) is 0 Å². The third kappa shape index (κ3) is 6.76. The summed E-state index contributed by atoms with van der Waals surface area (Å²) in [6.45, 7) is 28.3. The maximum Gasteiger partial charge on any atom is 0.252 e. The van der Waals surface area contributed by atoms with Crippen molar-refractivity contribution in [2.75, 3.05) is 14.7 Å². The van der Waals surface area contributed by atoms with E-state index in [4.69, 9.17) is 0 Å². The summed E-state index contributed by atoms with van der Waals surface area (Å²) < 4.78 is 0. The third-order valence-electron chi connectivity index (χ3n) is 17.2. The first-order chi connectivity index (χ1) is 33.8. The van der Waals surface area contributed by atoms with Gasteiger partial charge in [0.15, 0.2) is 0 Å². The van der Waals surface area contributed by atoms with Gasteiger partial charge in [-0.25, -0.2) is 0 Å². The van der Waals surface area contributed by atoms with E-state index in [-0.39, 0.29) is 33.9 Å². The van der Waals surface area contributed by atoms with Crippen LogP contribution in [0, 0.1) is 6.92 Å². The lowest BCUT2D eigenvalue weighted by Gasteiger charge is -2.51. The van der Waals surface area contributed by atoms with Crippen LogP contribution in [-0.2, 0) is 33.6 Å². The number of hydrogen-bond acceptors (Lipinski definition) is 3. The normalized spacial score (nSPS) is 18.9. The van der Waals surface area contributed by atoms with Crippen molar-refractivity contribution in [2.24, 2.45) is 0 Å². The summed E-state index contributed by atoms with van der Waals surface area (Å²) >= 11 is 0. The molecule has 2 atom stereocenters. The van der Waals surface area contributed by atoms with Crippen LogP contribution in [0.4, 0.5) is 45.5 Å². The van der Waals surface area contributed by atoms with E-state index in [1.54, 1.807) is 0 Å². The molecule has 354 valence electrons. The summed E-state index contributed by atoms with van der Waals surface area (Å²) in [7, 11) is 0. The number of rotatable bonds is 4. The van der Waals surface area contributed by atoms with E-state index in [0.29, 0.717) is 0 Å². The maximum absolute atomic E-state index is 2.72. The number of fused-ring (bicyclic) bond motifs is 9. The summed E-state index contributed by atoms with van der Waals surface area (Å²) in [6.07, 6.45) is 2.17. The van der Waals surface area contributed by atoms with E-state index >= 15 is 0 Å². The first-order valence-electron chi connectivity index (χ1n) is 26.1. The van der Waals surface area contributed by atoms with E-state index in [2.05, 4.69) is 268 Å². The van der Waals surface area contributed by atoms with Crippen molar-refractivity contribution < 1.29 is 0 Å². The zero-order valence-electron chi connectivity index (χ0n) is 44.0. The van der Waals surface area contributed by atoms with Crippen molar-refractivity contribution in [3.05, 3.63) is 209 Å². The minimum atomic E-state index is -0.310. The average Bonchev–Trinajstić information content (AvgIpc) is 3.56. The second-order valence-electron chi connectivity index (χ2n) is 24.6. The van der Waals surface area contributed by atoms with Gasteiger partial charge in [-0.3, -0.25) is 0 Å². The Morgan fingerprint density at radius 2 is 1.00 bits per heavy atom. The van der Waals surface area contributed by atoms with Crippen LogP contribution in [0.25, 0.3) is 11.1 Å². The zero-order chi connectivity index (χ0) is 49.6. The van der Waals surface area contributed by atoms with Crippen molar-refractivity contribution >= 4 is 68.6 Å². The molecule has 0 aromatic heterocycles. The van der Waals surface area contributed by atoms with Crippen molar-refractivity contribution in [3.63, 3.8) is 0 Å². The highest BCUT2D eigenvalue weighted by molar-refractivity contribution is 7.00. The van der Waals surface area contributed by atoms with Crippen molar-refractivity contribution in [2.45, 2.75) is 123 Å². The SMILES string of the molecule is Cc1cc2c3c(c1)N(c1ccc(C(C)(C)C)cc1-c1ccccc1)c1cc(C(C)(C)C)ccc1B3c1ccc(N3c4ccccc4C4(C)CCc5ccccc5C34C)cc1N2c1ccc(C(C)(C)C)cc1. The number of para-hydroxylation sites is 1. The van der Waals surface area contributed by atoms with Gasteiger partial charge < -0.3 is 14.7 Å². The fourth-order valence-electron chi connectivity index (χ4n) is 13.1. The summed E-state index contributed by atoms with van der Waals surface area (Å²) in [5.74, 6) is 0. The molecule has 0 fully saturated rings. The van der Waals surface area contributed by atoms with Gasteiger partial charge in [0, 0.05) is 50.8 Å².